The molecule has 100 valence electrons. The Labute approximate surface area is 119 Å². The van der Waals surface area contributed by atoms with E-state index >= 15 is 0 Å². The third-order valence-corrected chi connectivity index (χ3v) is 3.31. The SMILES string of the molecule is CCc1cccc(-c2cc(=S)nc(C(C)(C)C)[nH]2)c1. The lowest BCUT2D eigenvalue weighted by Gasteiger charge is -2.18. The van der Waals surface area contributed by atoms with Crippen LogP contribution in [0.4, 0.5) is 0 Å². The smallest absolute Gasteiger partial charge is 0.130 e. The second kappa shape index (κ2) is 5.25. The molecular formula is C16H20N2S. The van der Waals surface area contributed by atoms with Gasteiger partial charge in [0.15, 0.2) is 0 Å². The molecule has 1 aromatic heterocycles. The molecule has 19 heavy (non-hydrogen) atoms. The number of nitrogens with zero attached hydrogens (tertiary/aromatic N) is 1. The van der Waals surface area contributed by atoms with Crippen molar-refractivity contribution in [1.82, 2.24) is 9.97 Å². The summed E-state index contributed by atoms with van der Waals surface area (Å²) in [5.41, 5.74) is 3.50. The minimum absolute atomic E-state index is 0.0358. The Hall–Kier alpha value is -1.48. The molecule has 2 aromatic rings. The average molecular weight is 272 g/mol. The van der Waals surface area contributed by atoms with Crippen molar-refractivity contribution in [3.05, 3.63) is 46.4 Å². The standard InChI is InChI=1S/C16H20N2S/c1-5-11-7-6-8-12(9-11)13-10-14(19)18-15(17-13)16(2,3)4/h6-10H,5H2,1-4H3,(H,17,18,19). The number of nitrogens with one attached hydrogen (secondary N) is 1. The molecule has 0 aliphatic carbocycles. The van der Waals surface area contributed by atoms with Gasteiger partial charge in [0.2, 0.25) is 0 Å². The molecule has 2 nitrogen and oxygen atoms in total. The van der Waals surface area contributed by atoms with Crippen LogP contribution in [0.15, 0.2) is 30.3 Å². The lowest BCUT2D eigenvalue weighted by Crippen LogP contribution is -2.16. The molecule has 1 heterocycles. The van der Waals surface area contributed by atoms with Gasteiger partial charge in [-0.15, -0.1) is 0 Å². The second-order valence-corrected chi connectivity index (χ2v) is 6.20. The summed E-state index contributed by atoms with van der Waals surface area (Å²) in [6, 6.07) is 10.5. The van der Waals surface area contributed by atoms with Crippen molar-refractivity contribution in [2.45, 2.75) is 39.5 Å². The van der Waals surface area contributed by atoms with Crippen LogP contribution in [0.5, 0.6) is 0 Å². The van der Waals surface area contributed by atoms with Gasteiger partial charge in [-0.25, -0.2) is 4.98 Å². The van der Waals surface area contributed by atoms with Crippen LogP contribution >= 0.6 is 12.2 Å². The van der Waals surface area contributed by atoms with Gasteiger partial charge in [-0.1, -0.05) is 58.1 Å². The summed E-state index contributed by atoms with van der Waals surface area (Å²) in [6.45, 7) is 8.56. The summed E-state index contributed by atoms with van der Waals surface area (Å²) >= 11 is 5.29. The van der Waals surface area contributed by atoms with Crippen LogP contribution in [-0.4, -0.2) is 9.97 Å². The van der Waals surface area contributed by atoms with E-state index in [9.17, 15) is 0 Å². The molecule has 0 fully saturated rings. The summed E-state index contributed by atoms with van der Waals surface area (Å²) in [7, 11) is 0. The first-order chi connectivity index (χ1) is 8.90. The average Bonchev–Trinajstić information content (AvgIpc) is 2.37. The molecule has 0 saturated heterocycles. The Morgan fingerprint density at radius 2 is 1.95 bits per heavy atom. The predicted octanol–water partition coefficient (Wildman–Crippen LogP) is 4.67. The first kappa shape index (κ1) is 13.9. The van der Waals surface area contributed by atoms with Crippen LogP contribution in [-0.2, 0) is 11.8 Å². The molecule has 2 rings (SSSR count). The lowest BCUT2D eigenvalue weighted by atomic mass is 9.95. The number of aryl methyl sites for hydroxylation is 1. The summed E-state index contributed by atoms with van der Waals surface area (Å²) in [5, 5.41) is 0. The fraction of sp³-hybridized carbons (Fsp3) is 0.375. The first-order valence-corrected chi connectivity index (χ1v) is 7.02. The molecule has 0 aliphatic rings. The van der Waals surface area contributed by atoms with Gasteiger partial charge in [-0.05, 0) is 29.7 Å². The van der Waals surface area contributed by atoms with Gasteiger partial charge >= 0.3 is 0 Å². The highest BCUT2D eigenvalue weighted by atomic mass is 32.1. The van der Waals surface area contributed by atoms with E-state index in [-0.39, 0.29) is 5.41 Å². The zero-order valence-corrected chi connectivity index (χ0v) is 12.8. The Morgan fingerprint density at radius 3 is 2.58 bits per heavy atom. The Balaban J connectivity index is 2.56. The van der Waals surface area contributed by atoms with Crippen molar-refractivity contribution in [2.24, 2.45) is 0 Å². The van der Waals surface area contributed by atoms with Crippen molar-refractivity contribution in [1.29, 1.82) is 0 Å². The number of H-pyrrole nitrogens is 1. The van der Waals surface area contributed by atoms with Crippen molar-refractivity contribution < 1.29 is 0 Å². The van der Waals surface area contributed by atoms with E-state index in [1.54, 1.807) is 0 Å². The molecule has 1 N–H and O–H groups in total. The number of rotatable bonds is 2. The Kier molecular flexibility index (Phi) is 3.85. The minimum atomic E-state index is -0.0358. The van der Waals surface area contributed by atoms with Crippen molar-refractivity contribution >= 4 is 12.2 Å². The van der Waals surface area contributed by atoms with E-state index < -0.39 is 0 Å². The molecule has 0 radical (unpaired) electrons. The fourth-order valence-electron chi connectivity index (χ4n) is 1.93. The number of aromatic nitrogens is 2. The molecule has 0 unspecified atom stereocenters. The van der Waals surface area contributed by atoms with Crippen LogP contribution in [0.1, 0.15) is 39.1 Å². The van der Waals surface area contributed by atoms with Gasteiger partial charge in [0.05, 0.1) is 0 Å². The van der Waals surface area contributed by atoms with Gasteiger partial charge < -0.3 is 4.98 Å². The van der Waals surface area contributed by atoms with Gasteiger partial charge in [0.1, 0.15) is 10.5 Å². The quantitative estimate of drug-likeness (QED) is 0.805. The molecule has 0 saturated carbocycles. The highest BCUT2D eigenvalue weighted by Crippen LogP contribution is 2.23. The topological polar surface area (TPSA) is 28.7 Å². The Bertz CT molecular complexity index is 636. The zero-order valence-electron chi connectivity index (χ0n) is 11.9. The van der Waals surface area contributed by atoms with Crippen LogP contribution in [0, 0.1) is 4.64 Å². The van der Waals surface area contributed by atoms with E-state index in [1.165, 1.54) is 11.1 Å². The highest BCUT2D eigenvalue weighted by molar-refractivity contribution is 7.71. The second-order valence-electron chi connectivity index (χ2n) is 5.79. The fourth-order valence-corrected chi connectivity index (χ4v) is 2.14. The molecule has 3 heteroatoms. The molecule has 0 atom stereocenters. The summed E-state index contributed by atoms with van der Waals surface area (Å²) in [6.07, 6.45) is 1.03. The number of benzene rings is 1. The molecular weight excluding hydrogens is 252 g/mol. The zero-order chi connectivity index (χ0) is 14.0. The largest absolute Gasteiger partial charge is 0.343 e. The molecule has 0 amide bonds. The van der Waals surface area contributed by atoms with Gasteiger partial charge in [0, 0.05) is 11.1 Å². The maximum Gasteiger partial charge on any atom is 0.130 e. The third kappa shape index (κ3) is 3.29. The van der Waals surface area contributed by atoms with Crippen molar-refractivity contribution in [2.75, 3.05) is 0 Å². The molecule has 0 bridgehead atoms. The maximum atomic E-state index is 5.29. The maximum absolute atomic E-state index is 5.29. The third-order valence-electron chi connectivity index (χ3n) is 3.10. The van der Waals surface area contributed by atoms with Gasteiger partial charge in [-0.3, -0.25) is 0 Å². The number of hydrogen-bond acceptors (Lipinski definition) is 2. The number of aromatic amines is 1. The summed E-state index contributed by atoms with van der Waals surface area (Å²) in [5.74, 6) is 0.928. The van der Waals surface area contributed by atoms with E-state index in [4.69, 9.17) is 12.2 Å². The van der Waals surface area contributed by atoms with Crippen LogP contribution in [0.3, 0.4) is 0 Å². The van der Waals surface area contributed by atoms with Crippen LogP contribution in [0.2, 0.25) is 0 Å². The monoisotopic (exact) mass is 272 g/mol. The first-order valence-electron chi connectivity index (χ1n) is 6.61. The molecule has 0 aliphatic heterocycles. The normalized spacial score (nSPS) is 11.6. The summed E-state index contributed by atoms with van der Waals surface area (Å²) < 4.78 is 0.639. The highest BCUT2D eigenvalue weighted by Gasteiger charge is 2.17. The van der Waals surface area contributed by atoms with Crippen LogP contribution in [0.25, 0.3) is 11.3 Å². The van der Waals surface area contributed by atoms with Crippen LogP contribution < -0.4 is 0 Å². The van der Waals surface area contributed by atoms with E-state index in [2.05, 4.69) is 61.9 Å². The summed E-state index contributed by atoms with van der Waals surface area (Å²) in [4.78, 5) is 7.85. The number of hydrogen-bond donors (Lipinski definition) is 1. The van der Waals surface area contributed by atoms with Crippen molar-refractivity contribution in [3.63, 3.8) is 0 Å². The van der Waals surface area contributed by atoms with E-state index in [1.807, 2.05) is 6.07 Å². The van der Waals surface area contributed by atoms with Crippen molar-refractivity contribution in [3.8, 4) is 11.3 Å². The molecule has 1 aromatic carbocycles. The minimum Gasteiger partial charge on any atom is -0.343 e. The predicted molar refractivity (Wildman–Crippen MR) is 82.9 cm³/mol. The van der Waals surface area contributed by atoms with E-state index in [0.29, 0.717) is 4.64 Å². The Morgan fingerprint density at radius 1 is 1.21 bits per heavy atom. The van der Waals surface area contributed by atoms with Gasteiger partial charge in [0.25, 0.3) is 0 Å². The van der Waals surface area contributed by atoms with Gasteiger partial charge in [-0.2, -0.15) is 0 Å². The molecule has 0 spiro atoms. The lowest BCUT2D eigenvalue weighted by molar-refractivity contribution is 0.545. The van der Waals surface area contributed by atoms with E-state index in [0.717, 1.165) is 17.9 Å².